The van der Waals surface area contributed by atoms with Crippen LogP contribution in [-0.4, -0.2) is 32.4 Å². The zero-order chi connectivity index (χ0) is 13.3. The van der Waals surface area contributed by atoms with Crippen LogP contribution in [0.5, 0.6) is 0 Å². The topological polar surface area (TPSA) is 59.3 Å². The predicted octanol–water partition coefficient (Wildman–Crippen LogP) is 2.02. The second kappa shape index (κ2) is 4.92. The molecule has 1 saturated carbocycles. The van der Waals surface area contributed by atoms with Gasteiger partial charge >= 0.3 is 0 Å². The van der Waals surface area contributed by atoms with Crippen molar-refractivity contribution in [2.24, 2.45) is 5.41 Å². The summed E-state index contributed by atoms with van der Waals surface area (Å²) in [7, 11) is 0. The minimum atomic E-state index is -0.0659. The fourth-order valence-corrected chi connectivity index (χ4v) is 3.11. The summed E-state index contributed by atoms with van der Waals surface area (Å²) in [6.45, 7) is 0.745. The van der Waals surface area contributed by atoms with Crippen LogP contribution in [-0.2, 0) is 0 Å². The SMILES string of the molecule is O=C(NCC1(CCBr)CC1)c1cnn2ccncc12. The van der Waals surface area contributed by atoms with E-state index >= 15 is 0 Å². The van der Waals surface area contributed by atoms with E-state index in [2.05, 4.69) is 31.3 Å². The highest BCUT2D eigenvalue weighted by atomic mass is 79.9. The summed E-state index contributed by atoms with van der Waals surface area (Å²) >= 11 is 3.47. The van der Waals surface area contributed by atoms with E-state index < -0.39 is 0 Å². The molecule has 0 unspecified atom stereocenters. The molecular weight excluding hydrogens is 308 g/mol. The van der Waals surface area contributed by atoms with Crippen LogP contribution in [0.4, 0.5) is 0 Å². The van der Waals surface area contributed by atoms with E-state index in [4.69, 9.17) is 0 Å². The summed E-state index contributed by atoms with van der Waals surface area (Å²) in [5.74, 6) is -0.0659. The molecule has 1 aliphatic rings. The number of amides is 1. The number of nitrogens with one attached hydrogen (secondary N) is 1. The van der Waals surface area contributed by atoms with Crippen molar-refractivity contribution >= 4 is 27.4 Å². The number of rotatable bonds is 5. The van der Waals surface area contributed by atoms with E-state index in [0.717, 1.165) is 23.8 Å². The largest absolute Gasteiger partial charge is 0.351 e. The van der Waals surface area contributed by atoms with Crippen molar-refractivity contribution < 1.29 is 4.79 Å². The van der Waals surface area contributed by atoms with Crippen LogP contribution in [0.1, 0.15) is 29.6 Å². The summed E-state index contributed by atoms with van der Waals surface area (Å²) < 4.78 is 1.66. The van der Waals surface area contributed by atoms with Crippen LogP contribution in [0.25, 0.3) is 5.52 Å². The fraction of sp³-hybridized carbons (Fsp3) is 0.462. The van der Waals surface area contributed by atoms with Crippen molar-refractivity contribution in [3.8, 4) is 0 Å². The van der Waals surface area contributed by atoms with Crippen LogP contribution in [0.2, 0.25) is 0 Å². The number of halogens is 1. The lowest BCUT2D eigenvalue weighted by molar-refractivity contribution is 0.0946. The molecule has 1 aliphatic carbocycles. The van der Waals surface area contributed by atoms with E-state index in [1.54, 1.807) is 29.3 Å². The van der Waals surface area contributed by atoms with Crippen molar-refractivity contribution in [2.45, 2.75) is 19.3 Å². The third-order valence-corrected chi connectivity index (χ3v) is 4.17. The monoisotopic (exact) mass is 322 g/mol. The second-order valence-electron chi connectivity index (χ2n) is 5.09. The van der Waals surface area contributed by atoms with E-state index in [0.29, 0.717) is 11.0 Å². The molecular formula is C13H15BrN4O. The van der Waals surface area contributed by atoms with E-state index in [1.165, 1.54) is 12.8 Å². The number of carbonyl (C=O) groups excluding carboxylic acids is 1. The average molecular weight is 323 g/mol. The zero-order valence-electron chi connectivity index (χ0n) is 10.5. The average Bonchev–Trinajstić information content (AvgIpc) is 3.05. The lowest BCUT2D eigenvalue weighted by Crippen LogP contribution is -2.30. The second-order valence-corrected chi connectivity index (χ2v) is 5.88. The lowest BCUT2D eigenvalue weighted by Gasteiger charge is -2.14. The molecule has 0 bridgehead atoms. The van der Waals surface area contributed by atoms with Gasteiger partial charge < -0.3 is 5.32 Å². The number of fused-ring (bicyclic) bond motifs is 1. The molecule has 6 heteroatoms. The lowest BCUT2D eigenvalue weighted by atomic mass is 10.0. The summed E-state index contributed by atoms with van der Waals surface area (Å²) in [6, 6.07) is 0. The number of hydrogen-bond acceptors (Lipinski definition) is 3. The molecule has 0 atom stereocenters. The van der Waals surface area contributed by atoms with Gasteiger partial charge in [0.1, 0.15) is 0 Å². The van der Waals surface area contributed by atoms with E-state index in [9.17, 15) is 4.79 Å². The van der Waals surface area contributed by atoms with Crippen LogP contribution >= 0.6 is 15.9 Å². The van der Waals surface area contributed by atoms with Crippen LogP contribution in [0.3, 0.4) is 0 Å². The summed E-state index contributed by atoms with van der Waals surface area (Å²) in [4.78, 5) is 16.2. The van der Waals surface area contributed by atoms with Gasteiger partial charge in [-0.25, -0.2) is 4.52 Å². The summed E-state index contributed by atoms with van der Waals surface area (Å²) in [5, 5.41) is 8.16. The van der Waals surface area contributed by atoms with Gasteiger partial charge in [-0.3, -0.25) is 9.78 Å². The van der Waals surface area contributed by atoms with E-state index in [1.807, 2.05) is 0 Å². The molecule has 0 saturated heterocycles. The number of aromatic nitrogens is 3. The van der Waals surface area contributed by atoms with Crippen molar-refractivity contribution in [1.82, 2.24) is 19.9 Å². The Morgan fingerprint density at radius 3 is 3.05 bits per heavy atom. The molecule has 0 radical (unpaired) electrons. The molecule has 100 valence electrons. The Bertz CT molecular complexity index is 605. The Hall–Kier alpha value is -1.43. The number of hydrogen-bond donors (Lipinski definition) is 1. The molecule has 2 aromatic heterocycles. The van der Waals surface area contributed by atoms with Gasteiger partial charge in [-0.1, -0.05) is 15.9 Å². The van der Waals surface area contributed by atoms with Crippen molar-refractivity contribution in [3.05, 3.63) is 30.4 Å². The smallest absolute Gasteiger partial charge is 0.255 e. The Labute approximate surface area is 119 Å². The van der Waals surface area contributed by atoms with Gasteiger partial charge in [0.2, 0.25) is 0 Å². The van der Waals surface area contributed by atoms with E-state index in [-0.39, 0.29) is 5.91 Å². The molecule has 1 N–H and O–H groups in total. The molecule has 0 spiro atoms. The highest BCUT2D eigenvalue weighted by molar-refractivity contribution is 9.09. The minimum Gasteiger partial charge on any atom is -0.351 e. The Balaban J connectivity index is 1.71. The van der Waals surface area contributed by atoms with Gasteiger partial charge in [-0.15, -0.1) is 0 Å². The van der Waals surface area contributed by atoms with Crippen molar-refractivity contribution in [3.63, 3.8) is 0 Å². The quantitative estimate of drug-likeness (QED) is 0.857. The molecule has 0 aliphatic heterocycles. The van der Waals surface area contributed by atoms with Gasteiger partial charge in [-0.2, -0.15) is 5.10 Å². The van der Waals surface area contributed by atoms with Gasteiger partial charge in [0.05, 0.1) is 23.5 Å². The molecule has 1 amide bonds. The van der Waals surface area contributed by atoms with Crippen LogP contribution in [0.15, 0.2) is 24.8 Å². The van der Waals surface area contributed by atoms with Crippen LogP contribution in [0, 0.1) is 5.41 Å². The van der Waals surface area contributed by atoms with Gasteiger partial charge in [0.15, 0.2) is 0 Å². The summed E-state index contributed by atoms with van der Waals surface area (Å²) in [6.07, 6.45) is 10.2. The molecule has 1 fully saturated rings. The molecule has 2 heterocycles. The first kappa shape index (κ1) is 12.6. The third kappa shape index (κ3) is 2.49. The molecule has 3 rings (SSSR count). The first-order chi connectivity index (χ1) is 9.24. The maximum Gasteiger partial charge on any atom is 0.255 e. The first-order valence-corrected chi connectivity index (χ1v) is 7.48. The molecule has 0 aromatic carbocycles. The van der Waals surface area contributed by atoms with Crippen LogP contribution < -0.4 is 5.32 Å². The zero-order valence-corrected chi connectivity index (χ0v) is 12.1. The molecule has 2 aromatic rings. The highest BCUT2D eigenvalue weighted by Crippen LogP contribution is 2.48. The third-order valence-electron chi connectivity index (χ3n) is 3.78. The number of alkyl halides is 1. The van der Waals surface area contributed by atoms with Gasteiger partial charge in [-0.05, 0) is 24.7 Å². The van der Waals surface area contributed by atoms with Gasteiger partial charge in [0.25, 0.3) is 5.91 Å². The fourth-order valence-electron chi connectivity index (χ4n) is 2.26. The highest BCUT2D eigenvalue weighted by Gasteiger charge is 2.41. The van der Waals surface area contributed by atoms with Crippen molar-refractivity contribution in [1.29, 1.82) is 0 Å². The summed E-state index contributed by atoms with van der Waals surface area (Å²) in [5.41, 5.74) is 1.65. The number of nitrogens with zero attached hydrogens (tertiary/aromatic N) is 3. The predicted molar refractivity (Wildman–Crippen MR) is 75.4 cm³/mol. The van der Waals surface area contributed by atoms with Crippen molar-refractivity contribution in [2.75, 3.05) is 11.9 Å². The maximum atomic E-state index is 12.2. The minimum absolute atomic E-state index is 0.0659. The maximum absolute atomic E-state index is 12.2. The molecule has 5 nitrogen and oxygen atoms in total. The molecule has 19 heavy (non-hydrogen) atoms. The standard InChI is InChI=1S/C13H15BrN4O/c14-4-3-13(1-2-13)9-16-12(19)10-7-17-18-6-5-15-8-11(10)18/h5-8H,1-4,9H2,(H,16,19). The number of carbonyl (C=O) groups is 1. The Kier molecular flexibility index (Phi) is 3.26. The normalized spacial score (nSPS) is 16.5. The Morgan fingerprint density at radius 1 is 1.47 bits per heavy atom. The van der Waals surface area contributed by atoms with Gasteiger partial charge in [0, 0.05) is 24.3 Å². The Morgan fingerprint density at radius 2 is 2.32 bits per heavy atom. The first-order valence-electron chi connectivity index (χ1n) is 6.36.